The van der Waals surface area contributed by atoms with Gasteiger partial charge in [0.1, 0.15) is 12.4 Å². The summed E-state index contributed by atoms with van der Waals surface area (Å²) in [6.07, 6.45) is 0. The number of nitrogens with one attached hydrogen (secondary N) is 1. The van der Waals surface area contributed by atoms with E-state index < -0.39 is 0 Å². The van der Waals surface area contributed by atoms with E-state index in [9.17, 15) is 4.79 Å². The van der Waals surface area contributed by atoms with Crippen LogP contribution in [0.15, 0.2) is 47.6 Å². The topological polar surface area (TPSA) is 69.0 Å². The van der Waals surface area contributed by atoms with Crippen molar-refractivity contribution in [3.05, 3.63) is 63.9 Å². The summed E-state index contributed by atoms with van der Waals surface area (Å²) >= 11 is 13.2. The molecule has 152 valence electrons. The number of aryl methyl sites for hydroxylation is 1. The second-order valence-electron chi connectivity index (χ2n) is 6.19. The van der Waals surface area contributed by atoms with Crippen LogP contribution in [0.5, 0.6) is 5.75 Å². The van der Waals surface area contributed by atoms with E-state index in [0.717, 1.165) is 5.56 Å². The Balaban J connectivity index is 1.57. The second-order valence-corrected chi connectivity index (χ2v) is 7.97. The maximum atomic E-state index is 12.2. The lowest BCUT2D eigenvalue weighted by molar-refractivity contribution is -0.113. The molecule has 1 heterocycles. The molecule has 3 rings (SSSR count). The third kappa shape index (κ3) is 5.88. The fraction of sp³-hybridized carbons (Fsp3) is 0.250. The van der Waals surface area contributed by atoms with E-state index in [1.54, 1.807) is 30.3 Å². The summed E-state index contributed by atoms with van der Waals surface area (Å²) in [5.41, 5.74) is 1.65. The first-order valence-corrected chi connectivity index (χ1v) is 10.7. The Bertz CT molecular complexity index is 993. The Kier molecular flexibility index (Phi) is 7.41. The number of hydrogen-bond acceptors (Lipinski definition) is 5. The van der Waals surface area contributed by atoms with Crippen molar-refractivity contribution in [1.82, 2.24) is 14.8 Å². The zero-order valence-corrected chi connectivity index (χ0v) is 18.3. The Morgan fingerprint density at radius 3 is 2.62 bits per heavy atom. The molecular formula is C20H20Cl2N4O2S. The average Bonchev–Trinajstić information content (AvgIpc) is 3.11. The molecule has 0 bridgehead atoms. The Morgan fingerprint density at radius 2 is 1.93 bits per heavy atom. The van der Waals surface area contributed by atoms with Crippen LogP contribution in [0.25, 0.3) is 0 Å². The van der Waals surface area contributed by atoms with Gasteiger partial charge in [0, 0.05) is 22.3 Å². The summed E-state index contributed by atoms with van der Waals surface area (Å²) in [6, 6.07) is 12.5. The zero-order valence-electron chi connectivity index (χ0n) is 16.0. The van der Waals surface area contributed by atoms with Gasteiger partial charge in [-0.05, 0) is 61.9 Å². The molecule has 9 heteroatoms. The molecule has 0 fully saturated rings. The fourth-order valence-electron chi connectivity index (χ4n) is 2.57. The number of anilines is 1. The van der Waals surface area contributed by atoms with E-state index in [1.165, 1.54) is 11.8 Å². The molecule has 0 spiro atoms. The molecule has 0 saturated heterocycles. The predicted molar refractivity (Wildman–Crippen MR) is 117 cm³/mol. The first kappa shape index (κ1) is 21.5. The van der Waals surface area contributed by atoms with Gasteiger partial charge < -0.3 is 14.6 Å². The Labute approximate surface area is 183 Å². The summed E-state index contributed by atoms with van der Waals surface area (Å²) < 4.78 is 7.75. The van der Waals surface area contributed by atoms with Gasteiger partial charge in [0.05, 0.1) is 5.75 Å². The van der Waals surface area contributed by atoms with Crippen LogP contribution in [0.1, 0.15) is 18.3 Å². The summed E-state index contributed by atoms with van der Waals surface area (Å²) in [5.74, 6) is 1.50. The fourth-order valence-corrected chi connectivity index (χ4v) is 3.63. The van der Waals surface area contributed by atoms with Gasteiger partial charge in [-0.2, -0.15) is 0 Å². The van der Waals surface area contributed by atoms with Gasteiger partial charge in [-0.25, -0.2) is 0 Å². The standard InChI is InChI=1S/C20H20Cl2N4O2S/c1-3-26-18(11-28-16-8-9-17(22)13(2)10-16)24-25-20(26)29-12-19(27)23-15-6-4-14(21)5-7-15/h4-10H,3,11-12H2,1-2H3,(H,23,27). The molecule has 29 heavy (non-hydrogen) atoms. The van der Waals surface area contributed by atoms with Gasteiger partial charge >= 0.3 is 0 Å². The maximum Gasteiger partial charge on any atom is 0.234 e. The molecule has 0 unspecified atom stereocenters. The molecule has 1 aromatic heterocycles. The minimum absolute atomic E-state index is 0.127. The highest BCUT2D eigenvalue weighted by Gasteiger charge is 2.14. The number of rotatable bonds is 8. The van der Waals surface area contributed by atoms with Crippen molar-refractivity contribution in [1.29, 1.82) is 0 Å². The highest BCUT2D eigenvalue weighted by molar-refractivity contribution is 7.99. The van der Waals surface area contributed by atoms with Crippen LogP contribution in [-0.2, 0) is 17.9 Å². The van der Waals surface area contributed by atoms with E-state index in [1.807, 2.05) is 30.5 Å². The third-order valence-electron chi connectivity index (χ3n) is 4.07. The van der Waals surface area contributed by atoms with Gasteiger partial charge in [-0.1, -0.05) is 35.0 Å². The Hall–Kier alpha value is -2.22. The molecule has 0 radical (unpaired) electrons. The van der Waals surface area contributed by atoms with Crippen molar-refractivity contribution in [3.8, 4) is 5.75 Å². The van der Waals surface area contributed by atoms with Crippen molar-refractivity contribution < 1.29 is 9.53 Å². The normalized spacial score (nSPS) is 10.8. The number of carbonyl (C=O) groups excluding carboxylic acids is 1. The monoisotopic (exact) mass is 450 g/mol. The lowest BCUT2D eigenvalue weighted by atomic mass is 10.2. The summed E-state index contributed by atoms with van der Waals surface area (Å²) in [7, 11) is 0. The highest BCUT2D eigenvalue weighted by atomic mass is 35.5. The number of nitrogens with zero attached hydrogens (tertiary/aromatic N) is 3. The van der Waals surface area contributed by atoms with E-state index in [0.29, 0.717) is 39.0 Å². The van der Waals surface area contributed by atoms with Crippen LogP contribution in [0, 0.1) is 6.92 Å². The number of ether oxygens (including phenoxy) is 1. The van der Waals surface area contributed by atoms with Crippen molar-refractivity contribution in [2.45, 2.75) is 32.2 Å². The van der Waals surface area contributed by atoms with Gasteiger partial charge in [0.15, 0.2) is 11.0 Å². The van der Waals surface area contributed by atoms with E-state index in [2.05, 4.69) is 15.5 Å². The number of halogens is 2. The highest BCUT2D eigenvalue weighted by Crippen LogP contribution is 2.23. The van der Waals surface area contributed by atoms with Crippen LogP contribution in [0.4, 0.5) is 5.69 Å². The largest absolute Gasteiger partial charge is 0.486 e. The lowest BCUT2D eigenvalue weighted by Gasteiger charge is -2.10. The first-order valence-electron chi connectivity index (χ1n) is 8.95. The van der Waals surface area contributed by atoms with Crippen LogP contribution in [-0.4, -0.2) is 26.4 Å². The molecule has 6 nitrogen and oxygen atoms in total. The summed E-state index contributed by atoms with van der Waals surface area (Å²) in [5, 5.41) is 13.2. The van der Waals surface area contributed by atoms with Gasteiger partial charge in [-0.3, -0.25) is 4.79 Å². The van der Waals surface area contributed by atoms with Gasteiger partial charge in [0.2, 0.25) is 5.91 Å². The SMILES string of the molecule is CCn1c(COc2ccc(Cl)c(C)c2)nnc1SCC(=O)Nc1ccc(Cl)cc1. The molecule has 1 N–H and O–H groups in total. The number of aromatic nitrogens is 3. The van der Waals surface area contributed by atoms with Crippen molar-refractivity contribution in [3.63, 3.8) is 0 Å². The minimum atomic E-state index is -0.127. The smallest absolute Gasteiger partial charge is 0.234 e. The number of amides is 1. The second kappa shape index (κ2) is 10.0. The van der Waals surface area contributed by atoms with Crippen molar-refractivity contribution in [2.75, 3.05) is 11.1 Å². The number of benzene rings is 2. The first-order chi connectivity index (χ1) is 14.0. The molecule has 2 aromatic carbocycles. The Morgan fingerprint density at radius 1 is 1.17 bits per heavy atom. The molecule has 0 atom stereocenters. The predicted octanol–water partition coefficient (Wildman–Crippen LogP) is 5.22. The molecule has 0 saturated carbocycles. The quantitative estimate of drug-likeness (QED) is 0.476. The zero-order chi connectivity index (χ0) is 20.8. The van der Waals surface area contributed by atoms with E-state index >= 15 is 0 Å². The summed E-state index contributed by atoms with van der Waals surface area (Å²) in [4.78, 5) is 12.2. The van der Waals surface area contributed by atoms with Gasteiger partial charge in [0.25, 0.3) is 0 Å². The van der Waals surface area contributed by atoms with E-state index in [4.69, 9.17) is 27.9 Å². The number of thioether (sulfide) groups is 1. The molecular weight excluding hydrogens is 431 g/mol. The molecule has 3 aromatic rings. The van der Waals surface area contributed by atoms with Crippen LogP contribution < -0.4 is 10.1 Å². The van der Waals surface area contributed by atoms with Crippen molar-refractivity contribution in [2.24, 2.45) is 0 Å². The van der Waals surface area contributed by atoms with Gasteiger partial charge in [-0.15, -0.1) is 10.2 Å². The average molecular weight is 451 g/mol. The molecule has 0 aliphatic rings. The van der Waals surface area contributed by atoms with Crippen LogP contribution >= 0.6 is 35.0 Å². The van der Waals surface area contributed by atoms with Crippen LogP contribution in [0.2, 0.25) is 10.0 Å². The number of hydrogen-bond donors (Lipinski definition) is 1. The minimum Gasteiger partial charge on any atom is -0.486 e. The molecule has 1 amide bonds. The molecule has 0 aliphatic carbocycles. The maximum absolute atomic E-state index is 12.2. The molecule has 0 aliphatic heterocycles. The number of carbonyl (C=O) groups is 1. The summed E-state index contributed by atoms with van der Waals surface area (Å²) in [6.45, 7) is 4.87. The third-order valence-corrected chi connectivity index (χ3v) is 5.71. The van der Waals surface area contributed by atoms with Crippen molar-refractivity contribution >= 4 is 46.6 Å². The lowest BCUT2D eigenvalue weighted by Crippen LogP contribution is -2.14. The van der Waals surface area contributed by atoms with E-state index in [-0.39, 0.29) is 18.3 Å². The van der Waals surface area contributed by atoms with Crippen LogP contribution in [0.3, 0.4) is 0 Å².